The number of fused-ring (bicyclic) bond motifs is 2. The van der Waals surface area contributed by atoms with Crippen LogP contribution in [0.25, 0.3) is 0 Å². The van der Waals surface area contributed by atoms with Crippen LogP contribution in [0.4, 0.5) is 4.79 Å². The maximum Gasteiger partial charge on any atom is 0.410 e. The highest BCUT2D eigenvalue weighted by Gasteiger charge is 2.43. The van der Waals surface area contributed by atoms with Crippen molar-refractivity contribution in [3.05, 3.63) is 0 Å². The minimum atomic E-state index is -0.147. The number of carbonyl (C=O) groups excluding carboxylic acids is 1. The Kier molecular flexibility index (Phi) is 2.87. The van der Waals surface area contributed by atoms with E-state index in [9.17, 15) is 4.79 Å². The molecule has 0 radical (unpaired) electrons. The Bertz CT molecular complexity index is 241. The number of nitrogens with zero attached hydrogens (tertiary/aromatic N) is 2. The second-order valence-electron chi connectivity index (χ2n) is 4.81. The summed E-state index contributed by atoms with van der Waals surface area (Å²) in [5, 5.41) is 0. The topological polar surface area (TPSA) is 32.8 Å². The third-order valence-electron chi connectivity index (χ3n) is 3.63. The van der Waals surface area contributed by atoms with Gasteiger partial charge in [0.15, 0.2) is 0 Å². The Labute approximate surface area is 91.2 Å². The zero-order valence-electron chi connectivity index (χ0n) is 9.77. The Morgan fingerprint density at radius 3 is 2.20 bits per heavy atom. The van der Waals surface area contributed by atoms with E-state index < -0.39 is 0 Å². The van der Waals surface area contributed by atoms with Gasteiger partial charge in [0.2, 0.25) is 0 Å². The molecule has 2 aliphatic rings. The molecule has 0 spiro atoms. The molecule has 0 N–H and O–H groups in total. The molecule has 2 saturated heterocycles. The average Bonchev–Trinajstić information content (AvgIpc) is 2.47. The molecule has 0 saturated carbocycles. The molecule has 0 aromatic heterocycles. The van der Waals surface area contributed by atoms with Crippen LogP contribution in [0.2, 0.25) is 0 Å². The van der Waals surface area contributed by atoms with Gasteiger partial charge in [-0.15, -0.1) is 0 Å². The molecule has 2 heterocycles. The number of hydrogen-bond donors (Lipinski definition) is 0. The number of amides is 1. The smallest absolute Gasteiger partial charge is 0.410 e. The van der Waals surface area contributed by atoms with Crippen LogP contribution in [0.1, 0.15) is 26.7 Å². The van der Waals surface area contributed by atoms with E-state index in [0.717, 1.165) is 25.9 Å². The first-order chi connectivity index (χ1) is 7.13. The van der Waals surface area contributed by atoms with Gasteiger partial charge >= 0.3 is 6.09 Å². The van der Waals surface area contributed by atoms with Crippen LogP contribution in [0.5, 0.6) is 0 Å². The van der Waals surface area contributed by atoms with Crippen molar-refractivity contribution < 1.29 is 9.53 Å². The second kappa shape index (κ2) is 4.00. The van der Waals surface area contributed by atoms with Crippen LogP contribution in [0.15, 0.2) is 0 Å². The number of likely N-dealkylation sites (tertiary alicyclic amines) is 1. The lowest BCUT2D eigenvalue weighted by molar-refractivity contribution is 0.0408. The Morgan fingerprint density at radius 1 is 1.27 bits per heavy atom. The third kappa shape index (κ3) is 1.83. The molecule has 4 nitrogen and oxygen atoms in total. The SMILES string of the molecule is COC(=O)N1C2CCC1CN(C(C)C)C2. The van der Waals surface area contributed by atoms with Crippen LogP contribution >= 0.6 is 0 Å². The molecule has 2 fully saturated rings. The Morgan fingerprint density at radius 2 is 1.80 bits per heavy atom. The van der Waals surface area contributed by atoms with E-state index in [0.29, 0.717) is 18.1 Å². The normalized spacial score (nSPS) is 31.1. The fraction of sp³-hybridized carbons (Fsp3) is 0.909. The number of carbonyl (C=O) groups is 1. The van der Waals surface area contributed by atoms with Crippen LogP contribution < -0.4 is 0 Å². The molecular weight excluding hydrogens is 192 g/mol. The zero-order valence-corrected chi connectivity index (χ0v) is 9.77. The van der Waals surface area contributed by atoms with Gasteiger partial charge in [-0.25, -0.2) is 4.79 Å². The molecule has 2 rings (SSSR count). The van der Waals surface area contributed by atoms with Crippen molar-refractivity contribution in [1.29, 1.82) is 0 Å². The van der Waals surface area contributed by atoms with Gasteiger partial charge in [0.1, 0.15) is 0 Å². The summed E-state index contributed by atoms with van der Waals surface area (Å²) in [6, 6.07) is 1.32. The first-order valence-electron chi connectivity index (χ1n) is 5.73. The summed E-state index contributed by atoms with van der Waals surface area (Å²) < 4.78 is 4.83. The lowest BCUT2D eigenvalue weighted by atomic mass is 10.1. The van der Waals surface area contributed by atoms with Crippen molar-refractivity contribution in [2.75, 3.05) is 20.2 Å². The van der Waals surface area contributed by atoms with E-state index in [-0.39, 0.29) is 6.09 Å². The predicted molar refractivity (Wildman–Crippen MR) is 57.8 cm³/mol. The highest BCUT2D eigenvalue weighted by atomic mass is 16.5. The maximum atomic E-state index is 11.6. The van der Waals surface area contributed by atoms with E-state index in [1.54, 1.807) is 0 Å². The van der Waals surface area contributed by atoms with Crippen molar-refractivity contribution in [2.45, 2.75) is 44.8 Å². The van der Waals surface area contributed by atoms with E-state index in [4.69, 9.17) is 4.74 Å². The van der Waals surface area contributed by atoms with E-state index >= 15 is 0 Å². The fourth-order valence-corrected chi connectivity index (χ4v) is 2.76. The van der Waals surface area contributed by atoms with E-state index in [1.165, 1.54) is 7.11 Å². The van der Waals surface area contributed by atoms with E-state index in [1.807, 2.05) is 4.90 Å². The molecule has 2 bridgehead atoms. The summed E-state index contributed by atoms with van der Waals surface area (Å²) in [6.45, 7) is 6.44. The van der Waals surface area contributed by atoms with Gasteiger partial charge in [-0.2, -0.15) is 0 Å². The minimum absolute atomic E-state index is 0.147. The summed E-state index contributed by atoms with van der Waals surface area (Å²) in [4.78, 5) is 16.0. The quantitative estimate of drug-likeness (QED) is 0.657. The molecule has 86 valence electrons. The molecule has 2 atom stereocenters. The molecule has 2 unspecified atom stereocenters. The largest absolute Gasteiger partial charge is 0.453 e. The fourth-order valence-electron chi connectivity index (χ4n) is 2.76. The number of methoxy groups -OCH3 is 1. The van der Waals surface area contributed by atoms with Gasteiger partial charge in [0.25, 0.3) is 0 Å². The van der Waals surface area contributed by atoms with Crippen LogP contribution in [0, 0.1) is 0 Å². The molecule has 15 heavy (non-hydrogen) atoms. The van der Waals surface area contributed by atoms with Crippen molar-refractivity contribution in [3.8, 4) is 0 Å². The molecule has 0 aliphatic carbocycles. The van der Waals surface area contributed by atoms with E-state index in [2.05, 4.69) is 18.7 Å². The lowest BCUT2D eigenvalue weighted by Gasteiger charge is -2.41. The molecule has 1 amide bonds. The van der Waals surface area contributed by atoms with Crippen LogP contribution in [-0.4, -0.2) is 54.2 Å². The first kappa shape index (κ1) is 10.7. The standard InChI is InChI=1S/C11H20N2O2/c1-8(2)12-6-9-4-5-10(7-12)13(9)11(14)15-3/h8-10H,4-7H2,1-3H3. The Balaban J connectivity index is 2.06. The van der Waals surface area contributed by atoms with Crippen molar-refractivity contribution in [3.63, 3.8) is 0 Å². The summed E-state index contributed by atoms with van der Waals surface area (Å²) >= 11 is 0. The minimum Gasteiger partial charge on any atom is -0.453 e. The molecule has 0 aromatic carbocycles. The van der Waals surface area contributed by atoms with Crippen LogP contribution in [0.3, 0.4) is 0 Å². The first-order valence-corrected chi connectivity index (χ1v) is 5.73. The number of rotatable bonds is 1. The summed E-state index contributed by atoms with van der Waals surface area (Å²) in [5.74, 6) is 0. The molecule has 2 aliphatic heterocycles. The van der Waals surface area contributed by atoms with Crippen molar-refractivity contribution >= 4 is 6.09 Å². The van der Waals surface area contributed by atoms with Crippen molar-refractivity contribution in [2.24, 2.45) is 0 Å². The number of piperazine rings is 1. The lowest BCUT2D eigenvalue weighted by Crippen LogP contribution is -2.57. The molecule has 0 aromatic rings. The van der Waals surface area contributed by atoms with Crippen molar-refractivity contribution in [1.82, 2.24) is 9.80 Å². The summed E-state index contributed by atoms with van der Waals surface area (Å²) in [5.41, 5.74) is 0. The van der Waals surface area contributed by atoms with Gasteiger partial charge in [-0.1, -0.05) is 0 Å². The predicted octanol–water partition coefficient (Wildman–Crippen LogP) is 1.31. The van der Waals surface area contributed by atoms with Gasteiger partial charge in [0, 0.05) is 31.2 Å². The van der Waals surface area contributed by atoms with Gasteiger partial charge < -0.3 is 4.74 Å². The van der Waals surface area contributed by atoms with Gasteiger partial charge in [0.05, 0.1) is 7.11 Å². The van der Waals surface area contributed by atoms with Crippen LogP contribution in [-0.2, 0) is 4.74 Å². The van der Waals surface area contributed by atoms with Gasteiger partial charge in [-0.3, -0.25) is 9.80 Å². The highest BCUT2D eigenvalue weighted by molar-refractivity contribution is 5.69. The molecule has 4 heteroatoms. The number of hydrogen-bond acceptors (Lipinski definition) is 3. The monoisotopic (exact) mass is 212 g/mol. The summed E-state index contributed by atoms with van der Waals surface area (Å²) in [6.07, 6.45) is 2.11. The average molecular weight is 212 g/mol. The third-order valence-corrected chi connectivity index (χ3v) is 3.63. The van der Waals surface area contributed by atoms with Gasteiger partial charge in [-0.05, 0) is 26.7 Å². The maximum absolute atomic E-state index is 11.6. The highest BCUT2D eigenvalue weighted by Crippen LogP contribution is 2.31. The number of ether oxygens (including phenoxy) is 1. The zero-order chi connectivity index (χ0) is 11.0. The Hall–Kier alpha value is -0.770. The molecular formula is C11H20N2O2. The summed E-state index contributed by atoms with van der Waals surface area (Å²) in [7, 11) is 1.47. The second-order valence-corrected chi connectivity index (χ2v) is 4.81.